The fraction of sp³-hybridized carbons (Fsp3) is 0.429. The Morgan fingerprint density at radius 1 is 1.18 bits per heavy atom. The van der Waals surface area contributed by atoms with Gasteiger partial charge in [-0.25, -0.2) is 0 Å². The van der Waals surface area contributed by atoms with Crippen LogP contribution in [0.3, 0.4) is 0 Å². The predicted octanol–water partition coefficient (Wildman–Crippen LogP) is 1.51. The fourth-order valence-electron chi connectivity index (χ4n) is 5.56. The van der Waals surface area contributed by atoms with Crippen LogP contribution in [0.15, 0.2) is 35.9 Å². The van der Waals surface area contributed by atoms with Gasteiger partial charge in [0, 0.05) is 18.0 Å². The van der Waals surface area contributed by atoms with E-state index in [-0.39, 0.29) is 24.0 Å². The van der Waals surface area contributed by atoms with Crippen LogP contribution in [0.4, 0.5) is 0 Å². The lowest BCUT2D eigenvalue weighted by atomic mass is 9.48. The number of ketones is 1. The average molecular weight is 381 g/mol. The van der Waals surface area contributed by atoms with Crippen molar-refractivity contribution in [1.29, 1.82) is 0 Å². The zero-order valence-corrected chi connectivity index (χ0v) is 15.6. The molecule has 2 heterocycles. The van der Waals surface area contributed by atoms with Crippen LogP contribution in [0.25, 0.3) is 0 Å². The van der Waals surface area contributed by atoms with Gasteiger partial charge >= 0.3 is 5.97 Å². The van der Waals surface area contributed by atoms with E-state index in [0.717, 1.165) is 4.90 Å². The Bertz CT molecular complexity index is 996. The molecule has 4 atom stereocenters. The largest absolute Gasteiger partial charge is 0.481 e. The number of benzene rings is 1. The number of fused-ring (bicyclic) bond motifs is 2. The molecule has 0 aromatic heterocycles. The van der Waals surface area contributed by atoms with Crippen LogP contribution in [-0.2, 0) is 19.1 Å². The number of rotatable bonds is 2. The van der Waals surface area contributed by atoms with Crippen molar-refractivity contribution in [2.24, 2.45) is 17.3 Å². The monoisotopic (exact) mass is 381 g/mol. The number of likely N-dealkylation sites (tertiary alicyclic amines) is 1. The van der Waals surface area contributed by atoms with Gasteiger partial charge in [-0.05, 0) is 25.0 Å². The Morgan fingerprint density at radius 2 is 1.89 bits per heavy atom. The third-order valence-electron chi connectivity index (χ3n) is 6.87. The summed E-state index contributed by atoms with van der Waals surface area (Å²) in [6.45, 7) is 0. The summed E-state index contributed by atoms with van der Waals surface area (Å²) in [5, 5.41) is 0. The third-order valence-corrected chi connectivity index (χ3v) is 6.87. The van der Waals surface area contributed by atoms with E-state index in [1.54, 1.807) is 30.3 Å². The summed E-state index contributed by atoms with van der Waals surface area (Å²) in [6.07, 6.45) is 2.54. The molecule has 1 saturated heterocycles. The molecule has 6 rings (SSSR count). The van der Waals surface area contributed by atoms with Crippen molar-refractivity contribution in [2.45, 2.75) is 24.9 Å². The number of amides is 2. The molecule has 5 aliphatic rings. The minimum Gasteiger partial charge on any atom is -0.481 e. The van der Waals surface area contributed by atoms with Gasteiger partial charge in [-0.2, -0.15) is 0 Å². The quantitative estimate of drug-likeness (QED) is 0.570. The van der Waals surface area contributed by atoms with Gasteiger partial charge in [-0.15, -0.1) is 0 Å². The van der Waals surface area contributed by atoms with E-state index in [9.17, 15) is 19.2 Å². The van der Waals surface area contributed by atoms with Crippen molar-refractivity contribution in [3.8, 4) is 5.75 Å². The number of methoxy groups -OCH3 is 1. The van der Waals surface area contributed by atoms with E-state index in [0.29, 0.717) is 29.7 Å². The minimum absolute atomic E-state index is 0.0496. The predicted molar refractivity (Wildman–Crippen MR) is 95.3 cm³/mol. The maximum Gasteiger partial charge on any atom is 0.306 e. The highest BCUT2D eigenvalue weighted by Crippen LogP contribution is 2.64. The second kappa shape index (κ2) is 5.31. The molecule has 7 heteroatoms. The van der Waals surface area contributed by atoms with Crippen LogP contribution >= 0.6 is 0 Å². The van der Waals surface area contributed by atoms with Crippen LogP contribution in [-0.4, -0.2) is 48.2 Å². The van der Waals surface area contributed by atoms with Gasteiger partial charge in [0.2, 0.25) is 11.8 Å². The number of hydrogen-bond donors (Lipinski definition) is 0. The Morgan fingerprint density at radius 3 is 2.64 bits per heavy atom. The molecule has 2 fully saturated rings. The molecule has 3 aliphatic carbocycles. The summed E-state index contributed by atoms with van der Waals surface area (Å²) in [5.41, 5.74) is -1.26. The summed E-state index contributed by atoms with van der Waals surface area (Å²) in [4.78, 5) is 52.7. The molecule has 1 spiro atoms. The number of Topliss-reactive ketones (excluding diaryl/α,β-unsaturated/α-hetero) is 1. The van der Waals surface area contributed by atoms with Gasteiger partial charge in [-0.1, -0.05) is 18.2 Å². The Balaban J connectivity index is 1.76. The molecule has 2 bridgehead atoms. The molecular weight excluding hydrogens is 362 g/mol. The van der Waals surface area contributed by atoms with Gasteiger partial charge in [0.05, 0.1) is 30.9 Å². The van der Waals surface area contributed by atoms with E-state index < -0.39 is 28.8 Å². The molecule has 2 aliphatic heterocycles. The van der Waals surface area contributed by atoms with Gasteiger partial charge in [0.15, 0.2) is 5.78 Å². The molecule has 1 saturated carbocycles. The molecule has 28 heavy (non-hydrogen) atoms. The molecule has 1 aromatic rings. The van der Waals surface area contributed by atoms with Gasteiger partial charge in [0.1, 0.15) is 11.4 Å². The summed E-state index contributed by atoms with van der Waals surface area (Å²) in [7, 11) is 2.74. The lowest BCUT2D eigenvalue weighted by Crippen LogP contribution is -2.64. The fourth-order valence-corrected chi connectivity index (χ4v) is 5.56. The molecule has 2 amide bonds. The standard InChI is InChI=1S/C21H19NO6/c1-22-18(25)15-16(19(22)26)21-8-7-20(15,10-14(23)27-2)9-12(21)17(24)11-5-3-4-6-13(11)28-21/h3-6,9,15-16H,7-8,10H2,1-2H3/t15-,16+,20+,21+/m0/s1. The van der Waals surface area contributed by atoms with Crippen molar-refractivity contribution in [3.63, 3.8) is 0 Å². The first-order valence-corrected chi connectivity index (χ1v) is 9.29. The van der Waals surface area contributed by atoms with Crippen molar-refractivity contribution in [2.75, 3.05) is 14.2 Å². The number of carbonyl (C=O) groups is 4. The SMILES string of the molecule is COC(=O)C[C@]12C=C3C(=O)c4ccccc4O[C@@]3(CC1)[C@H]1C(=O)N(C)C(=O)[C@H]12. The van der Waals surface area contributed by atoms with E-state index >= 15 is 0 Å². The van der Waals surface area contributed by atoms with E-state index in [2.05, 4.69) is 0 Å². The van der Waals surface area contributed by atoms with E-state index in [1.807, 2.05) is 0 Å². The lowest BCUT2D eigenvalue weighted by molar-refractivity contribution is -0.154. The van der Waals surface area contributed by atoms with Crippen molar-refractivity contribution in [3.05, 3.63) is 41.5 Å². The van der Waals surface area contributed by atoms with Crippen molar-refractivity contribution in [1.82, 2.24) is 4.90 Å². The van der Waals surface area contributed by atoms with Crippen LogP contribution in [0, 0.1) is 17.3 Å². The van der Waals surface area contributed by atoms with Gasteiger partial charge in [-0.3, -0.25) is 24.1 Å². The molecule has 0 unspecified atom stereocenters. The first-order chi connectivity index (χ1) is 13.3. The summed E-state index contributed by atoms with van der Waals surface area (Å²) in [6, 6.07) is 6.93. The number of hydrogen-bond acceptors (Lipinski definition) is 6. The smallest absolute Gasteiger partial charge is 0.306 e. The molecule has 7 nitrogen and oxygen atoms in total. The van der Waals surface area contributed by atoms with Crippen LogP contribution < -0.4 is 4.74 Å². The van der Waals surface area contributed by atoms with Crippen LogP contribution in [0.5, 0.6) is 5.75 Å². The topological polar surface area (TPSA) is 90.0 Å². The van der Waals surface area contributed by atoms with Crippen molar-refractivity contribution < 1.29 is 28.7 Å². The second-order valence-corrected chi connectivity index (χ2v) is 8.05. The van der Waals surface area contributed by atoms with Gasteiger partial charge < -0.3 is 9.47 Å². The lowest BCUT2D eigenvalue weighted by Gasteiger charge is -2.57. The summed E-state index contributed by atoms with van der Waals surface area (Å²) in [5.74, 6) is -2.49. The number of ether oxygens (including phenoxy) is 2. The Labute approximate surface area is 161 Å². The number of carbonyl (C=O) groups excluding carboxylic acids is 4. The number of allylic oxidation sites excluding steroid dienone is 1. The first-order valence-electron chi connectivity index (χ1n) is 9.29. The van der Waals surface area contributed by atoms with Crippen LogP contribution in [0.1, 0.15) is 29.6 Å². The minimum atomic E-state index is -1.16. The summed E-state index contributed by atoms with van der Waals surface area (Å²) >= 11 is 0. The highest BCUT2D eigenvalue weighted by Gasteiger charge is 2.72. The zero-order chi connectivity index (χ0) is 19.8. The highest BCUT2D eigenvalue weighted by atomic mass is 16.5. The van der Waals surface area contributed by atoms with E-state index in [1.165, 1.54) is 14.2 Å². The molecule has 144 valence electrons. The Hall–Kier alpha value is -2.96. The number of esters is 1. The number of imide groups is 1. The van der Waals surface area contributed by atoms with Gasteiger partial charge in [0.25, 0.3) is 0 Å². The first kappa shape index (κ1) is 17.2. The molecule has 0 radical (unpaired) electrons. The maximum absolute atomic E-state index is 13.3. The summed E-state index contributed by atoms with van der Waals surface area (Å²) < 4.78 is 11.2. The number of nitrogens with zero attached hydrogens (tertiary/aromatic N) is 1. The van der Waals surface area contributed by atoms with Crippen LogP contribution in [0.2, 0.25) is 0 Å². The normalized spacial score (nSPS) is 35.0. The molecule has 0 N–H and O–H groups in total. The van der Waals surface area contributed by atoms with E-state index in [4.69, 9.17) is 9.47 Å². The zero-order valence-electron chi connectivity index (χ0n) is 15.6. The maximum atomic E-state index is 13.3. The highest BCUT2D eigenvalue weighted by molar-refractivity contribution is 6.16. The molecular formula is C21H19NO6. The second-order valence-electron chi connectivity index (χ2n) is 8.05. The van der Waals surface area contributed by atoms with Crippen molar-refractivity contribution >= 4 is 23.6 Å². The molecule has 1 aromatic carbocycles. The Kier molecular flexibility index (Phi) is 3.25. The third kappa shape index (κ3) is 1.84. The number of para-hydroxylation sites is 1. The average Bonchev–Trinajstić information content (AvgIpc) is 2.94.